The molecule has 1 fully saturated rings. The van der Waals surface area contributed by atoms with Crippen molar-refractivity contribution in [2.45, 2.75) is 25.5 Å². The first-order valence-electron chi connectivity index (χ1n) is 5.96. The standard InChI is InChI=1S/C13H16FNO3/c14-12-5-8(1-2-11(12)13(17)18)6-15-7-9-3-10(16)4-9/h1-2,5,9-10,15-16H,3-4,6-7H2,(H,17,18). The highest BCUT2D eigenvalue weighted by atomic mass is 19.1. The Morgan fingerprint density at radius 2 is 2.17 bits per heavy atom. The summed E-state index contributed by atoms with van der Waals surface area (Å²) >= 11 is 0. The number of hydrogen-bond donors (Lipinski definition) is 3. The van der Waals surface area contributed by atoms with Crippen LogP contribution in [0.25, 0.3) is 0 Å². The summed E-state index contributed by atoms with van der Waals surface area (Å²) in [6, 6.07) is 4.13. The predicted octanol–water partition coefficient (Wildman–Crippen LogP) is 1.38. The van der Waals surface area contributed by atoms with Gasteiger partial charge >= 0.3 is 5.97 Å². The summed E-state index contributed by atoms with van der Waals surface area (Å²) in [5, 5.41) is 21.0. The van der Waals surface area contributed by atoms with Gasteiger partial charge in [0.1, 0.15) is 5.82 Å². The van der Waals surface area contributed by atoms with Gasteiger partial charge in [0.2, 0.25) is 0 Å². The van der Waals surface area contributed by atoms with Gasteiger partial charge in [0.05, 0.1) is 11.7 Å². The van der Waals surface area contributed by atoms with Crippen LogP contribution in [0.15, 0.2) is 18.2 Å². The maximum Gasteiger partial charge on any atom is 0.338 e. The Morgan fingerprint density at radius 3 is 2.72 bits per heavy atom. The van der Waals surface area contributed by atoms with Gasteiger partial charge in [0.15, 0.2) is 0 Å². The zero-order valence-corrected chi connectivity index (χ0v) is 9.90. The number of aromatic carboxylic acids is 1. The van der Waals surface area contributed by atoms with Crippen molar-refractivity contribution in [3.8, 4) is 0 Å². The Bertz CT molecular complexity index is 444. The van der Waals surface area contributed by atoms with Crippen molar-refractivity contribution < 1.29 is 19.4 Å². The van der Waals surface area contributed by atoms with Gasteiger partial charge in [-0.3, -0.25) is 0 Å². The highest BCUT2D eigenvalue weighted by Crippen LogP contribution is 2.26. The van der Waals surface area contributed by atoms with Crippen LogP contribution in [0, 0.1) is 11.7 Å². The van der Waals surface area contributed by atoms with Crippen molar-refractivity contribution in [2.75, 3.05) is 6.54 Å². The van der Waals surface area contributed by atoms with Crippen LogP contribution in [0.5, 0.6) is 0 Å². The number of aliphatic hydroxyl groups excluding tert-OH is 1. The Hall–Kier alpha value is -1.46. The van der Waals surface area contributed by atoms with Crippen LogP contribution in [-0.2, 0) is 6.54 Å². The predicted molar refractivity (Wildman–Crippen MR) is 63.8 cm³/mol. The molecule has 0 unspecified atom stereocenters. The number of halogens is 1. The van der Waals surface area contributed by atoms with Gasteiger partial charge in [-0.15, -0.1) is 0 Å². The summed E-state index contributed by atoms with van der Waals surface area (Å²) in [6.45, 7) is 1.29. The number of carboxylic acids is 1. The molecule has 0 radical (unpaired) electrons. The molecule has 0 atom stereocenters. The van der Waals surface area contributed by atoms with Gasteiger partial charge < -0.3 is 15.5 Å². The van der Waals surface area contributed by atoms with Crippen molar-refractivity contribution in [1.82, 2.24) is 5.32 Å². The van der Waals surface area contributed by atoms with Crippen LogP contribution >= 0.6 is 0 Å². The normalized spacial score (nSPS) is 22.6. The highest BCUT2D eigenvalue weighted by Gasteiger charge is 2.26. The second-order valence-corrected chi connectivity index (χ2v) is 4.74. The third kappa shape index (κ3) is 3.05. The summed E-state index contributed by atoms with van der Waals surface area (Å²) in [4.78, 5) is 10.6. The molecule has 0 bridgehead atoms. The van der Waals surface area contributed by atoms with Crippen molar-refractivity contribution >= 4 is 5.97 Å². The quantitative estimate of drug-likeness (QED) is 0.741. The molecule has 0 heterocycles. The minimum atomic E-state index is -1.25. The molecule has 1 aromatic rings. The van der Waals surface area contributed by atoms with Gasteiger partial charge in [-0.1, -0.05) is 6.07 Å². The largest absolute Gasteiger partial charge is 0.478 e. The van der Waals surface area contributed by atoms with E-state index in [4.69, 9.17) is 10.2 Å². The fourth-order valence-corrected chi connectivity index (χ4v) is 2.13. The molecular weight excluding hydrogens is 237 g/mol. The Labute approximate surface area is 104 Å². The third-order valence-electron chi connectivity index (χ3n) is 3.24. The van der Waals surface area contributed by atoms with Crippen molar-refractivity contribution in [3.63, 3.8) is 0 Å². The SMILES string of the molecule is O=C(O)c1ccc(CNCC2CC(O)C2)cc1F. The molecule has 0 amide bonds. The van der Waals surface area contributed by atoms with Gasteiger partial charge in [-0.05, 0) is 43.0 Å². The van der Waals surface area contributed by atoms with Crippen LogP contribution in [0.3, 0.4) is 0 Å². The number of carbonyl (C=O) groups is 1. The molecule has 5 heteroatoms. The molecule has 2 rings (SSSR count). The van der Waals surface area contributed by atoms with Crippen LogP contribution < -0.4 is 5.32 Å². The first-order valence-corrected chi connectivity index (χ1v) is 5.96. The lowest BCUT2D eigenvalue weighted by molar-refractivity contribution is 0.0429. The van der Waals surface area contributed by atoms with Crippen molar-refractivity contribution in [1.29, 1.82) is 0 Å². The first kappa shape index (κ1) is 13.0. The molecule has 98 valence electrons. The minimum Gasteiger partial charge on any atom is -0.478 e. The van der Waals surface area contributed by atoms with Gasteiger partial charge in [0, 0.05) is 6.54 Å². The molecule has 0 aromatic heterocycles. The summed E-state index contributed by atoms with van der Waals surface area (Å²) in [6.07, 6.45) is 1.47. The molecule has 0 spiro atoms. The van der Waals surface area contributed by atoms with E-state index in [2.05, 4.69) is 5.32 Å². The number of nitrogens with one attached hydrogen (secondary N) is 1. The van der Waals surface area contributed by atoms with E-state index in [0.717, 1.165) is 24.9 Å². The summed E-state index contributed by atoms with van der Waals surface area (Å²) in [7, 11) is 0. The molecule has 0 saturated heterocycles. The smallest absolute Gasteiger partial charge is 0.338 e. The lowest BCUT2D eigenvalue weighted by Gasteiger charge is -2.31. The molecule has 1 aliphatic rings. The number of carboxylic acid groups (broad SMARTS) is 1. The molecule has 0 aliphatic heterocycles. The average Bonchev–Trinajstić information content (AvgIpc) is 2.26. The van der Waals surface area contributed by atoms with Gasteiger partial charge in [-0.2, -0.15) is 0 Å². The van der Waals surface area contributed by atoms with E-state index in [1.165, 1.54) is 12.1 Å². The first-order chi connectivity index (χ1) is 8.56. The highest BCUT2D eigenvalue weighted by molar-refractivity contribution is 5.87. The Balaban J connectivity index is 1.82. The van der Waals surface area contributed by atoms with Crippen LogP contribution in [0.2, 0.25) is 0 Å². The van der Waals surface area contributed by atoms with Gasteiger partial charge in [0.25, 0.3) is 0 Å². The molecule has 18 heavy (non-hydrogen) atoms. The maximum atomic E-state index is 13.4. The summed E-state index contributed by atoms with van der Waals surface area (Å²) < 4.78 is 13.4. The number of aliphatic hydroxyl groups is 1. The van der Waals surface area contributed by atoms with E-state index in [1.54, 1.807) is 6.07 Å². The topological polar surface area (TPSA) is 69.6 Å². The molecule has 4 nitrogen and oxygen atoms in total. The Morgan fingerprint density at radius 1 is 1.44 bits per heavy atom. The number of hydrogen-bond acceptors (Lipinski definition) is 3. The number of rotatable bonds is 5. The fraction of sp³-hybridized carbons (Fsp3) is 0.462. The summed E-state index contributed by atoms with van der Waals surface area (Å²) in [5.41, 5.74) is 0.415. The van der Waals surface area contributed by atoms with E-state index in [9.17, 15) is 9.18 Å². The lowest BCUT2D eigenvalue weighted by Crippen LogP contribution is -2.35. The molecule has 1 aliphatic carbocycles. The monoisotopic (exact) mass is 253 g/mol. The molecule has 1 aromatic carbocycles. The van der Waals surface area contributed by atoms with Crippen molar-refractivity contribution in [2.24, 2.45) is 5.92 Å². The number of benzene rings is 1. The Kier molecular flexibility index (Phi) is 3.93. The molecular formula is C13H16FNO3. The lowest BCUT2D eigenvalue weighted by atomic mass is 9.82. The van der Waals surface area contributed by atoms with Crippen molar-refractivity contribution in [3.05, 3.63) is 35.1 Å². The summed E-state index contributed by atoms with van der Waals surface area (Å²) in [5.74, 6) is -1.47. The van der Waals surface area contributed by atoms with E-state index in [1.807, 2.05) is 0 Å². The fourth-order valence-electron chi connectivity index (χ4n) is 2.13. The van der Waals surface area contributed by atoms with Crippen LogP contribution in [0.4, 0.5) is 4.39 Å². The van der Waals surface area contributed by atoms with Gasteiger partial charge in [-0.25, -0.2) is 9.18 Å². The van der Waals surface area contributed by atoms with Crippen LogP contribution in [-0.4, -0.2) is 28.8 Å². The third-order valence-corrected chi connectivity index (χ3v) is 3.24. The van der Waals surface area contributed by atoms with E-state index >= 15 is 0 Å². The van der Waals surface area contributed by atoms with E-state index < -0.39 is 11.8 Å². The molecule has 3 N–H and O–H groups in total. The maximum absolute atomic E-state index is 13.4. The zero-order chi connectivity index (χ0) is 13.1. The van der Waals surface area contributed by atoms with Crippen LogP contribution in [0.1, 0.15) is 28.8 Å². The van der Waals surface area contributed by atoms with E-state index in [0.29, 0.717) is 12.5 Å². The average molecular weight is 253 g/mol. The second-order valence-electron chi connectivity index (χ2n) is 4.74. The zero-order valence-electron chi connectivity index (χ0n) is 9.90. The van der Waals surface area contributed by atoms with E-state index in [-0.39, 0.29) is 11.7 Å². The minimum absolute atomic E-state index is 0.163. The second kappa shape index (κ2) is 5.46. The molecule has 1 saturated carbocycles.